The average Bonchev–Trinajstić information content (AvgIpc) is 3.11. The van der Waals surface area contributed by atoms with Gasteiger partial charge in [-0.15, -0.1) is 11.3 Å². The fraction of sp³-hybridized carbons (Fsp3) is 0.409. The Labute approximate surface area is 197 Å². The van der Waals surface area contributed by atoms with E-state index in [9.17, 15) is 9.90 Å². The van der Waals surface area contributed by atoms with Crippen molar-refractivity contribution < 1.29 is 24.1 Å². The number of hydrogen-bond donors (Lipinski definition) is 1. The minimum Gasteiger partial charge on any atom is -0.478 e. The van der Waals surface area contributed by atoms with Gasteiger partial charge in [-0.2, -0.15) is 0 Å². The maximum atomic E-state index is 12.1. The number of nitrogens with zero attached hydrogens (tertiary/aromatic N) is 2. The summed E-state index contributed by atoms with van der Waals surface area (Å²) >= 11 is 3.83. The van der Waals surface area contributed by atoms with Crippen molar-refractivity contribution in [2.24, 2.45) is 0 Å². The summed E-state index contributed by atoms with van der Waals surface area (Å²) in [4.78, 5) is 22.6. The molecule has 0 saturated carbocycles. The smallest absolute Gasteiger partial charge is 0.345 e. The molecule has 1 N–H and O–H groups in total. The van der Waals surface area contributed by atoms with Crippen molar-refractivity contribution >= 4 is 50.1 Å². The van der Waals surface area contributed by atoms with Gasteiger partial charge in [0, 0.05) is 21.3 Å². The molecule has 0 bridgehead atoms. The SMILES string of the molecule is CCc1sc2ncnc(O[C@H](Cc3ccccc3OC3CCCCO3)C(=O)O)c2c1I. The van der Waals surface area contributed by atoms with Gasteiger partial charge < -0.3 is 19.3 Å². The molecule has 7 nitrogen and oxygen atoms in total. The summed E-state index contributed by atoms with van der Waals surface area (Å²) in [6, 6.07) is 7.42. The standard InChI is InChI=1S/C22H23IN2O5S/c1-2-16-19(23)18-20(24-12-25-21(18)31-16)30-15(22(26)27)11-13-7-3-4-8-14(13)29-17-9-5-6-10-28-17/h3-4,7-8,12,15,17H,2,5-6,9-11H2,1H3,(H,26,27)/t15-,17?/m1/s1. The number of fused-ring (bicyclic) bond motifs is 1. The molecule has 1 fully saturated rings. The number of para-hydroxylation sites is 1. The van der Waals surface area contributed by atoms with E-state index in [2.05, 4.69) is 39.5 Å². The van der Waals surface area contributed by atoms with Gasteiger partial charge in [-0.25, -0.2) is 14.8 Å². The van der Waals surface area contributed by atoms with Crippen molar-refractivity contribution in [3.8, 4) is 11.6 Å². The normalized spacial score (nSPS) is 17.4. The molecule has 0 spiro atoms. The highest BCUT2D eigenvalue weighted by molar-refractivity contribution is 14.1. The van der Waals surface area contributed by atoms with Gasteiger partial charge in [-0.05, 0) is 53.5 Å². The molecule has 3 heterocycles. The van der Waals surface area contributed by atoms with Crippen LogP contribution in [0.2, 0.25) is 0 Å². The van der Waals surface area contributed by atoms with Gasteiger partial charge in [0.1, 0.15) is 16.9 Å². The van der Waals surface area contributed by atoms with E-state index < -0.39 is 12.1 Å². The molecule has 9 heteroatoms. The summed E-state index contributed by atoms with van der Waals surface area (Å²) in [5.74, 6) is -0.140. The molecular weight excluding hydrogens is 531 g/mol. The van der Waals surface area contributed by atoms with E-state index in [0.717, 1.165) is 45.0 Å². The number of hydrogen-bond acceptors (Lipinski definition) is 7. The molecule has 0 amide bonds. The Morgan fingerprint density at radius 3 is 2.94 bits per heavy atom. The molecule has 1 unspecified atom stereocenters. The van der Waals surface area contributed by atoms with E-state index >= 15 is 0 Å². The van der Waals surface area contributed by atoms with Gasteiger partial charge in [0.25, 0.3) is 0 Å². The Morgan fingerprint density at radius 2 is 2.19 bits per heavy atom. The zero-order chi connectivity index (χ0) is 21.8. The second-order valence-electron chi connectivity index (χ2n) is 7.22. The van der Waals surface area contributed by atoms with Crippen LogP contribution in [0.1, 0.15) is 36.6 Å². The maximum Gasteiger partial charge on any atom is 0.345 e. The lowest BCUT2D eigenvalue weighted by Gasteiger charge is -2.25. The zero-order valence-electron chi connectivity index (χ0n) is 17.0. The van der Waals surface area contributed by atoms with E-state index in [1.54, 1.807) is 11.3 Å². The zero-order valence-corrected chi connectivity index (χ0v) is 20.0. The Hall–Kier alpha value is -1.98. The van der Waals surface area contributed by atoms with Crippen molar-refractivity contribution in [2.45, 2.75) is 51.4 Å². The molecule has 0 aliphatic carbocycles. The van der Waals surface area contributed by atoms with E-state index in [0.29, 0.717) is 18.2 Å². The first-order chi connectivity index (χ1) is 15.1. The number of carboxylic acid groups (broad SMARTS) is 1. The molecule has 2 atom stereocenters. The van der Waals surface area contributed by atoms with Gasteiger partial charge in [-0.1, -0.05) is 25.1 Å². The largest absolute Gasteiger partial charge is 0.478 e. The number of benzene rings is 1. The second-order valence-corrected chi connectivity index (χ2v) is 9.38. The average molecular weight is 554 g/mol. The van der Waals surface area contributed by atoms with Gasteiger partial charge in [-0.3, -0.25) is 0 Å². The second kappa shape index (κ2) is 10.1. The first-order valence-corrected chi connectivity index (χ1v) is 12.1. The summed E-state index contributed by atoms with van der Waals surface area (Å²) in [5, 5.41) is 10.6. The van der Waals surface area contributed by atoms with Gasteiger partial charge in [0.05, 0.1) is 12.0 Å². The number of rotatable bonds is 8. The van der Waals surface area contributed by atoms with Crippen LogP contribution in [-0.4, -0.2) is 40.0 Å². The van der Waals surface area contributed by atoms with Crippen LogP contribution < -0.4 is 9.47 Å². The van der Waals surface area contributed by atoms with Gasteiger partial charge in [0.15, 0.2) is 6.29 Å². The minimum atomic E-state index is -1.11. The summed E-state index contributed by atoms with van der Waals surface area (Å²) in [5.41, 5.74) is 0.753. The van der Waals surface area contributed by atoms with Gasteiger partial charge in [0.2, 0.25) is 12.0 Å². The summed E-state index contributed by atoms with van der Waals surface area (Å²) in [6.45, 7) is 2.75. The van der Waals surface area contributed by atoms with E-state index in [1.807, 2.05) is 24.3 Å². The first-order valence-electron chi connectivity index (χ1n) is 10.2. The highest BCUT2D eigenvalue weighted by Crippen LogP contribution is 2.36. The van der Waals surface area contributed by atoms with Crippen LogP contribution in [0.4, 0.5) is 0 Å². The van der Waals surface area contributed by atoms with E-state index in [4.69, 9.17) is 14.2 Å². The number of aliphatic carboxylic acids is 1. The summed E-state index contributed by atoms with van der Waals surface area (Å²) in [6.07, 6.45) is 3.92. The fourth-order valence-corrected chi connectivity index (χ4v) is 5.83. The molecule has 1 aliphatic rings. The molecular formula is C22H23IN2O5S. The van der Waals surface area contributed by atoms with Crippen LogP contribution >= 0.6 is 33.9 Å². The van der Waals surface area contributed by atoms with Crippen LogP contribution in [0.5, 0.6) is 11.6 Å². The number of aryl methyl sites for hydroxylation is 1. The van der Waals surface area contributed by atoms with Crippen LogP contribution in [0, 0.1) is 3.57 Å². The molecule has 4 rings (SSSR count). The molecule has 1 aliphatic heterocycles. The number of carbonyl (C=O) groups is 1. The molecule has 164 valence electrons. The number of carboxylic acids is 1. The van der Waals surface area contributed by atoms with E-state index in [1.165, 1.54) is 11.2 Å². The topological polar surface area (TPSA) is 90.8 Å². The number of ether oxygens (including phenoxy) is 3. The Morgan fingerprint density at radius 1 is 1.35 bits per heavy atom. The first kappa shape index (κ1) is 22.2. The highest BCUT2D eigenvalue weighted by Gasteiger charge is 2.26. The lowest BCUT2D eigenvalue weighted by atomic mass is 10.1. The molecule has 1 saturated heterocycles. The summed E-state index contributed by atoms with van der Waals surface area (Å²) in [7, 11) is 0. The monoisotopic (exact) mass is 554 g/mol. The van der Waals surface area contributed by atoms with Crippen molar-refractivity contribution in [1.82, 2.24) is 9.97 Å². The predicted octanol–water partition coefficient (Wildman–Crippen LogP) is 4.84. The third-order valence-electron chi connectivity index (χ3n) is 5.09. The molecule has 1 aromatic carbocycles. The number of halogens is 1. The van der Waals surface area contributed by atoms with E-state index in [-0.39, 0.29) is 12.7 Å². The van der Waals surface area contributed by atoms with Crippen molar-refractivity contribution in [3.05, 3.63) is 44.6 Å². The minimum absolute atomic E-state index is 0.144. The summed E-state index contributed by atoms with van der Waals surface area (Å²) < 4.78 is 18.7. The fourth-order valence-electron chi connectivity index (χ4n) is 3.48. The molecule has 31 heavy (non-hydrogen) atoms. The van der Waals surface area contributed by atoms with Crippen LogP contribution in [0.25, 0.3) is 10.2 Å². The lowest BCUT2D eigenvalue weighted by molar-refractivity contribution is -0.145. The predicted molar refractivity (Wildman–Crippen MR) is 126 cm³/mol. The molecule has 3 aromatic rings. The lowest BCUT2D eigenvalue weighted by Crippen LogP contribution is -2.30. The van der Waals surface area contributed by atoms with Crippen molar-refractivity contribution in [2.75, 3.05) is 6.61 Å². The molecule has 0 radical (unpaired) electrons. The maximum absolute atomic E-state index is 12.1. The quantitative estimate of drug-likeness (QED) is 0.399. The number of aromatic nitrogens is 2. The number of thiophene rings is 1. The Bertz CT molecular complexity index is 1070. The highest BCUT2D eigenvalue weighted by atomic mass is 127. The third kappa shape index (κ3) is 5.09. The van der Waals surface area contributed by atoms with Crippen molar-refractivity contribution in [3.63, 3.8) is 0 Å². The molecule has 2 aromatic heterocycles. The van der Waals surface area contributed by atoms with Crippen molar-refractivity contribution in [1.29, 1.82) is 0 Å². The van der Waals surface area contributed by atoms with Crippen LogP contribution in [0.3, 0.4) is 0 Å². The van der Waals surface area contributed by atoms with Crippen LogP contribution in [0.15, 0.2) is 30.6 Å². The van der Waals surface area contributed by atoms with Gasteiger partial charge >= 0.3 is 5.97 Å². The Balaban J connectivity index is 1.58. The van der Waals surface area contributed by atoms with Crippen LogP contribution in [-0.2, 0) is 22.4 Å². The third-order valence-corrected chi connectivity index (χ3v) is 7.89. The Kier molecular flexibility index (Phi) is 7.24.